The molecule has 0 atom stereocenters. The molecule has 0 saturated heterocycles. The molecule has 0 unspecified atom stereocenters. The molecule has 0 fully saturated rings. The first-order chi connectivity index (χ1) is 9.88. The lowest BCUT2D eigenvalue weighted by Gasteiger charge is -1.93. The Bertz CT molecular complexity index is 847. The second-order valence-corrected chi connectivity index (χ2v) is 4.21. The molecule has 0 spiro atoms. The standard InChI is InChI=1S/C14H8N4O2/c1-3-11-13(19-7-15-11)5-9(1)17-18-10-2-4-12-14(6-10)20-8-16-12/h1-8H. The van der Waals surface area contributed by atoms with Crippen LogP contribution in [0, 0.1) is 0 Å². The summed E-state index contributed by atoms with van der Waals surface area (Å²) in [5.74, 6) is 0. The van der Waals surface area contributed by atoms with E-state index in [-0.39, 0.29) is 0 Å². The van der Waals surface area contributed by atoms with E-state index in [1.807, 2.05) is 24.3 Å². The predicted octanol–water partition coefficient (Wildman–Crippen LogP) is 4.38. The zero-order valence-corrected chi connectivity index (χ0v) is 10.2. The molecule has 2 aromatic heterocycles. The van der Waals surface area contributed by atoms with Gasteiger partial charge < -0.3 is 8.83 Å². The zero-order chi connectivity index (χ0) is 13.4. The van der Waals surface area contributed by atoms with E-state index < -0.39 is 0 Å². The molecule has 0 aliphatic heterocycles. The minimum absolute atomic E-state index is 0.687. The fourth-order valence-corrected chi connectivity index (χ4v) is 1.93. The van der Waals surface area contributed by atoms with Crippen LogP contribution in [-0.4, -0.2) is 9.97 Å². The first kappa shape index (κ1) is 10.9. The topological polar surface area (TPSA) is 76.8 Å². The molecular formula is C14H8N4O2. The van der Waals surface area contributed by atoms with E-state index in [1.54, 1.807) is 12.1 Å². The second-order valence-electron chi connectivity index (χ2n) is 4.21. The molecule has 0 radical (unpaired) electrons. The molecule has 6 heteroatoms. The van der Waals surface area contributed by atoms with Crippen molar-refractivity contribution < 1.29 is 8.83 Å². The summed E-state index contributed by atoms with van der Waals surface area (Å²) in [5.41, 5.74) is 4.37. The molecule has 0 aliphatic carbocycles. The lowest BCUT2D eigenvalue weighted by molar-refractivity contribution is 0.601. The van der Waals surface area contributed by atoms with Gasteiger partial charge in [0, 0.05) is 12.1 Å². The molecule has 2 heterocycles. The molecule has 2 aromatic carbocycles. The van der Waals surface area contributed by atoms with Crippen molar-refractivity contribution in [3.05, 3.63) is 49.2 Å². The predicted molar refractivity (Wildman–Crippen MR) is 72.2 cm³/mol. The van der Waals surface area contributed by atoms with E-state index in [0.29, 0.717) is 22.5 Å². The van der Waals surface area contributed by atoms with Crippen molar-refractivity contribution in [2.75, 3.05) is 0 Å². The molecule has 96 valence electrons. The molecule has 0 amide bonds. The van der Waals surface area contributed by atoms with Crippen LogP contribution in [0.1, 0.15) is 0 Å². The van der Waals surface area contributed by atoms with Gasteiger partial charge in [-0.3, -0.25) is 0 Å². The Morgan fingerprint density at radius 1 is 0.700 bits per heavy atom. The first-order valence-electron chi connectivity index (χ1n) is 5.97. The molecule has 4 rings (SSSR count). The molecule has 0 bridgehead atoms. The van der Waals surface area contributed by atoms with Crippen molar-refractivity contribution in [2.24, 2.45) is 10.2 Å². The Labute approximate surface area is 112 Å². The third-order valence-corrected chi connectivity index (χ3v) is 2.91. The smallest absolute Gasteiger partial charge is 0.181 e. The Morgan fingerprint density at radius 3 is 1.70 bits per heavy atom. The number of nitrogens with zero attached hydrogens (tertiary/aromatic N) is 4. The number of azo groups is 1. The van der Waals surface area contributed by atoms with Gasteiger partial charge in [0.2, 0.25) is 0 Å². The number of benzene rings is 2. The molecule has 6 nitrogen and oxygen atoms in total. The van der Waals surface area contributed by atoms with Gasteiger partial charge in [0.15, 0.2) is 24.0 Å². The summed E-state index contributed by atoms with van der Waals surface area (Å²) in [5, 5.41) is 8.35. The highest BCUT2D eigenvalue weighted by molar-refractivity contribution is 5.76. The fraction of sp³-hybridized carbons (Fsp3) is 0. The Hall–Kier alpha value is -3.02. The Morgan fingerprint density at radius 2 is 1.20 bits per heavy atom. The summed E-state index contributed by atoms with van der Waals surface area (Å²) in [6.07, 6.45) is 2.81. The van der Waals surface area contributed by atoms with Crippen molar-refractivity contribution in [1.82, 2.24) is 9.97 Å². The highest BCUT2D eigenvalue weighted by Crippen LogP contribution is 2.24. The van der Waals surface area contributed by atoms with Crippen molar-refractivity contribution in [1.29, 1.82) is 0 Å². The van der Waals surface area contributed by atoms with Crippen LogP contribution in [0.4, 0.5) is 11.4 Å². The van der Waals surface area contributed by atoms with E-state index in [0.717, 1.165) is 11.0 Å². The second kappa shape index (κ2) is 4.27. The van der Waals surface area contributed by atoms with Crippen molar-refractivity contribution in [2.45, 2.75) is 0 Å². The van der Waals surface area contributed by atoms with Gasteiger partial charge in [0.1, 0.15) is 11.0 Å². The van der Waals surface area contributed by atoms with Crippen molar-refractivity contribution in [3.8, 4) is 0 Å². The van der Waals surface area contributed by atoms with E-state index in [1.165, 1.54) is 12.8 Å². The lowest BCUT2D eigenvalue weighted by atomic mass is 10.3. The number of hydrogen-bond donors (Lipinski definition) is 0. The molecule has 0 saturated carbocycles. The van der Waals surface area contributed by atoms with Gasteiger partial charge in [0.25, 0.3) is 0 Å². The molecule has 20 heavy (non-hydrogen) atoms. The highest BCUT2D eigenvalue weighted by atomic mass is 16.3. The number of aromatic nitrogens is 2. The monoisotopic (exact) mass is 264 g/mol. The van der Waals surface area contributed by atoms with Crippen molar-refractivity contribution >= 4 is 33.6 Å². The molecule has 0 aliphatic rings. The summed E-state index contributed by atoms with van der Waals surface area (Å²) in [4.78, 5) is 8.10. The Balaban J connectivity index is 1.69. The number of rotatable bonds is 2. The van der Waals surface area contributed by atoms with Gasteiger partial charge in [-0.1, -0.05) is 0 Å². The van der Waals surface area contributed by atoms with Crippen LogP contribution in [0.15, 0.2) is 68.2 Å². The van der Waals surface area contributed by atoms with Crippen LogP contribution in [0.3, 0.4) is 0 Å². The summed E-state index contributed by atoms with van der Waals surface area (Å²) in [6, 6.07) is 10.9. The normalized spacial score (nSPS) is 11.8. The number of oxazole rings is 2. The third-order valence-electron chi connectivity index (χ3n) is 2.91. The van der Waals surface area contributed by atoms with Crippen LogP contribution in [0.5, 0.6) is 0 Å². The highest BCUT2D eigenvalue weighted by Gasteiger charge is 2.01. The van der Waals surface area contributed by atoms with Gasteiger partial charge in [-0.25, -0.2) is 9.97 Å². The summed E-state index contributed by atoms with van der Waals surface area (Å²) in [7, 11) is 0. The van der Waals surface area contributed by atoms with Crippen LogP contribution >= 0.6 is 0 Å². The van der Waals surface area contributed by atoms with Crippen LogP contribution in [0.2, 0.25) is 0 Å². The maximum absolute atomic E-state index is 5.22. The first-order valence-corrected chi connectivity index (χ1v) is 5.97. The van der Waals surface area contributed by atoms with Gasteiger partial charge in [-0.15, -0.1) is 0 Å². The van der Waals surface area contributed by atoms with Gasteiger partial charge in [-0.2, -0.15) is 10.2 Å². The van der Waals surface area contributed by atoms with E-state index in [2.05, 4.69) is 20.2 Å². The molecular weight excluding hydrogens is 256 g/mol. The van der Waals surface area contributed by atoms with Gasteiger partial charge in [0.05, 0.1) is 11.4 Å². The quantitative estimate of drug-likeness (QED) is 0.503. The minimum atomic E-state index is 0.687. The average molecular weight is 264 g/mol. The van der Waals surface area contributed by atoms with Crippen LogP contribution in [-0.2, 0) is 0 Å². The fourth-order valence-electron chi connectivity index (χ4n) is 1.93. The maximum Gasteiger partial charge on any atom is 0.181 e. The average Bonchev–Trinajstić information content (AvgIpc) is 3.12. The van der Waals surface area contributed by atoms with E-state index in [4.69, 9.17) is 8.83 Å². The van der Waals surface area contributed by atoms with Crippen LogP contribution < -0.4 is 0 Å². The van der Waals surface area contributed by atoms with Crippen molar-refractivity contribution in [3.63, 3.8) is 0 Å². The maximum atomic E-state index is 5.22. The molecule has 0 N–H and O–H groups in total. The van der Waals surface area contributed by atoms with E-state index in [9.17, 15) is 0 Å². The third kappa shape index (κ3) is 1.83. The number of hydrogen-bond acceptors (Lipinski definition) is 6. The lowest BCUT2D eigenvalue weighted by Crippen LogP contribution is -1.69. The zero-order valence-electron chi connectivity index (χ0n) is 10.2. The summed E-state index contributed by atoms with van der Waals surface area (Å²) < 4.78 is 10.4. The summed E-state index contributed by atoms with van der Waals surface area (Å²) in [6.45, 7) is 0. The molecule has 4 aromatic rings. The van der Waals surface area contributed by atoms with Gasteiger partial charge >= 0.3 is 0 Å². The SMILES string of the molecule is c1nc2ccc(N=Nc3ccc4ncoc4c3)cc2o1. The number of fused-ring (bicyclic) bond motifs is 2. The summed E-state index contributed by atoms with van der Waals surface area (Å²) >= 11 is 0. The van der Waals surface area contributed by atoms with E-state index >= 15 is 0 Å². The largest absolute Gasteiger partial charge is 0.443 e. The van der Waals surface area contributed by atoms with Crippen LogP contribution in [0.25, 0.3) is 22.2 Å². The minimum Gasteiger partial charge on any atom is -0.443 e. The Kier molecular flexibility index (Phi) is 2.32. The van der Waals surface area contributed by atoms with Gasteiger partial charge in [-0.05, 0) is 24.3 Å².